The first-order valence-electron chi connectivity index (χ1n) is 9.72. The largest absolute Gasteiger partial charge is 0.355 e. The molecule has 1 fully saturated rings. The van der Waals surface area contributed by atoms with Crippen molar-refractivity contribution >= 4 is 17.4 Å². The molecule has 2 heterocycles. The zero-order valence-electron chi connectivity index (χ0n) is 16.1. The van der Waals surface area contributed by atoms with E-state index in [1.54, 1.807) is 0 Å². The lowest BCUT2D eigenvalue weighted by atomic mass is 10.1. The Morgan fingerprint density at radius 1 is 1.00 bits per heavy atom. The van der Waals surface area contributed by atoms with Crippen molar-refractivity contribution < 1.29 is 4.79 Å². The number of carbonyl (C=O) groups excluding carboxylic acids is 1. The van der Waals surface area contributed by atoms with Crippen molar-refractivity contribution in [3.05, 3.63) is 71.8 Å². The summed E-state index contributed by atoms with van der Waals surface area (Å²) in [6, 6.07) is 19.8. The third-order valence-corrected chi connectivity index (χ3v) is 4.99. The Hall–Kier alpha value is -3.21. The van der Waals surface area contributed by atoms with E-state index < -0.39 is 0 Å². The van der Waals surface area contributed by atoms with Crippen molar-refractivity contribution in [2.75, 3.05) is 23.3 Å². The molecule has 4 rings (SSSR count). The Labute approximate surface area is 165 Å². The molecule has 1 aliphatic heterocycles. The number of nitrogens with zero attached hydrogens (tertiary/aromatic N) is 3. The molecular formula is C23H24N4O. The first kappa shape index (κ1) is 18.2. The molecule has 0 spiro atoms. The molecule has 1 aromatic heterocycles. The van der Waals surface area contributed by atoms with Crippen LogP contribution in [-0.2, 0) is 11.2 Å². The van der Waals surface area contributed by atoms with Crippen LogP contribution in [0.3, 0.4) is 0 Å². The third kappa shape index (κ3) is 4.36. The maximum atomic E-state index is 12.3. The minimum absolute atomic E-state index is 0.0203. The van der Waals surface area contributed by atoms with Gasteiger partial charge in [-0.05, 0) is 49.6 Å². The summed E-state index contributed by atoms with van der Waals surface area (Å²) in [5.74, 6) is 0.925. The molecule has 0 unspecified atom stereocenters. The van der Waals surface area contributed by atoms with Crippen LogP contribution in [-0.4, -0.2) is 29.2 Å². The minimum atomic E-state index is -0.0203. The van der Waals surface area contributed by atoms with E-state index in [1.807, 2.05) is 67.6 Å². The quantitative estimate of drug-likeness (QED) is 0.728. The lowest BCUT2D eigenvalue weighted by Crippen LogP contribution is -2.19. The molecule has 5 heteroatoms. The van der Waals surface area contributed by atoms with E-state index in [2.05, 4.69) is 20.4 Å². The van der Waals surface area contributed by atoms with Crippen molar-refractivity contribution in [3.8, 4) is 11.3 Å². The third-order valence-electron chi connectivity index (χ3n) is 4.99. The topological polar surface area (TPSA) is 58.1 Å². The zero-order valence-corrected chi connectivity index (χ0v) is 16.1. The fourth-order valence-corrected chi connectivity index (χ4v) is 3.53. The highest BCUT2D eigenvalue weighted by atomic mass is 16.1. The molecule has 28 heavy (non-hydrogen) atoms. The van der Waals surface area contributed by atoms with Gasteiger partial charge in [0, 0.05) is 24.3 Å². The second-order valence-electron chi connectivity index (χ2n) is 7.26. The van der Waals surface area contributed by atoms with E-state index in [1.165, 1.54) is 12.8 Å². The molecule has 0 atom stereocenters. The average molecular weight is 372 g/mol. The number of aryl methyl sites for hydroxylation is 1. The summed E-state index contributed by atoms with van der Waals surface area (Å²) in [6.45, 7) is 4.15. The highest BCUT2D eigenvalue weighted by Crippen LogP contribution is 2.22. The molecule has 3 aromatic rings. The number of aromatic nitrogens is 2. The Bertz CT molecular complexity index is 945. The van der Waals surface area contributed by atoms with Gasteiger partial charge in [-0.25, -0.2) is 0 Å². The van der Waals surface area contributed by atoms with Crippen LogP contribution in [0.4, 0.5) is 11.5 Å². The number of carbonyl (C=O) groups is 1. The molecule has 1 amide bonds. The van der Waals surface area contributed by atoms with Gasteiger partial charge in [0.1, 0.15) is 0 Å². The normalized spacial score (nSPS) is 13.5. The first-order valence-corrected chi connectivity index (χ1v) is 9.72. The summed E-state index contributed by atoms with van der Waals surface area (Å²) in [4.78, 5) is 14.5. The number of benzene rings is 2. The second-order valence-corrected chi connectivity index (χ2v) is 7.26. The Kier molecular flexibility index (Phi) is 5.33. The standard InChI is InChI=1S/C23H24N4O/c1-17-5-4-6-18(15-17)16-23(28)24-20-9-7-19(8-10-20)21-11-12-22(26-25-21)27-13-2-3-14-27/h4-12,15H,2-3,13-14,16H2,1H3,(H,24,28). The van der Waals surface area contributed by atoms with Gasteiger partial charge in [0.15, 0.2) is 5.82 Å². The molecule has 1 N–H and O–H groups in total. The van der Waals surface area contributed by atoms with Crippen LogP contribution in [0.5, 0.6) is 0 Å². The maximum absolute atomic E-state index is 12.3. The number of rotatable bonds is 5. The zero-order chi connectivity index (χ0) is 19.3. The van der Waals surface area contributed by atoms with Gasteiger partial charge in [-0.15, -0.1) is 10.2 Å². The van der Waals surface area contributed by atoms with Gasteiger partial charge in [0.25, 0.3) is 0 Å². The summed E-state index contributed by atoms with van der Waals surface area (Å²) in [5.41, 5.74) is 4.77. The van der Waals surface area contributed by atoms with Crippen LogP contribution < -0.4 is 10.2 Å². The maximum Gasteiger partial charge on any atom is 0.228 e. The van der Waals surface area contributed by atoms with Gasteiger partial charge in [-0.2, -0.15) is 0 Å². The van der Waals surface area contributed by atoms with Crippen molar-refractivity contribution in [2.45, 2.75) is 26.2 Å². The fourth-order valence-electron chi connectivity index (χ4n) is 3.53. The molecule has 142 valence electrons. The second kappa shape index (κ2) is 8.21. The Morgan fingerprint density at radius 2 is 1.79 bits per heavy atom. The summed E-state index contributed by atoms with van der Waals surface area (Å²) in [5, 5.41) is 11.7. The molecule has 1 aliphatic rings. The van der Waals surface area contributed by atoms with Gasteiger partial charge in [-0.3, -0.25) is 4.79 Å². The summed E-state index contributed by atoms with van der Waals surface area (Å²) < 4.78 is 0. The number of hydrogen-bond acceptors (Lipinski definition) is 4. The predicted molar refractivity (Wildman–Crippen MR) is 112 cm³/mol. The highest BCUT2D eigenvalue weighted by Gasteiger charge is 2.14. The van der Waals surface area contributed by atoms with Crippen molar-refractivity contribution in [2.24, 2.45) is 0 Å². The van der Waals surface area contributed by atoms with Crippen molar-refractivity contribution in [1.82, 2.24) is 10.2 Å². The number of nitrogens with one attached hydrogen (secondary N) is 1. The van der Waals surface area contributed by atoms with Crippen LogP contribution in [0, 0.1) is 6.92 Å². The van der Waals surface area contributed by atoms with Crippen LogP contribution >= 0.6 is 0 Å². The van der Waals surface area contributed by atoms with Gasteiger partial charge < -0.3 is 10.2 Å². The smallest absolute Gasteiger partial charge is 0.228 e. The van der Waals surface area contributed by atoms with Gasteiger partial charge in [0.05, 0.1) is 12.1 Å². The molecule has 0 saturated carbocycles. The molecule has 2 aromatic carbocycles. The van der Waals surface area contributed by atoms with Crippen molar-refractivity contribution in [1.29, 1.82) is 0 Å². The lowest BCUT2D eigenvalue weighted by Gasteiger charge is -2.15. The Balaban J connectivity index is 1.38. The molecule has 1 saturated heterocycles. The molecular weight excluding hydrogens is 348 g/mol. The van der Waals surface area contributed by atoms with E-state index in [0.717, 1.165) is 47.0 Å². The monoisotopic (exact) mass is 372 g/mol. The fraction of sp³-hybridized carbons (Fsp3) is 0.261. The van der Waals surface area contributed by atoms with Crippen LogP contribution in [0.15, 0.2) is 60.7 Å². The highest BCUT2D eigenvalue weighted by molar-refractivity contribution is 5.92. The summed E-state index contributed by atoms with van der Waals surface area (Å²) in [6.07, 6.45) is 2.81. The number of hydrogen-bond donors (Lipinski definition) is 1. The minimum Gasteiger partial charge on any atom is -0.355 e. The summed E-state index contributed by atoms with van der Waals surface area (Å²) in [7, 11) is 0. The van der Waals surface area contributed by atoms with Gasteiger partial charge in [-0.1, -0.05) is 42.0 Å². The SMILES string of the molecule is Cc1cccc(CC(=O)Nc2ccc(-c3ccc(N4CCCC4)nn3)cc2)c1. The summed E-state index contributed by atoms with van der Waals surface area (Å²) >= 11 is 0. The van der Waals surface area contributed by atoms with E-state index in [9.17, 15) is 4.79 Å². The van der Waals surface area contributed by atoms with E-state index in [-0.39, 0.29) is 5.91 Å². The van der Waals surface area contributed by atoms with Gasteiger partial charge >= 0.3 is 0 Å². The van der Waals surface area contributed by atoms with Crippen LogP contribution in [0.2, 0.25) is 0 Å². The number of amides is 1. The van der Waals surface area contributed by atoms with Gasteiger partial charge in [0.2, 0.25) is 5.91 Å². The molecule has 0 bridgehead atoms. The molecule has 5 nitrogen and oxygen atoms in total. The average Bonchev–Trinajstić information content (AvgIpc) is 3.23. The lowest BCUT2D eigenvalue weighted by molar-refractivity contribution is -0.115. The van der Waals surface area contributed by atoms with E-state index in [0.29, 0.717) is 6.42 Å². The van der Waals surface area contributed by atoms with Crippen LogP contribution in [0.25, 0.3) is 11.3 Å². The van der Waals surface area contributed by atoms with Crippen molar-refractivity contribution in [3.63, 3.8) is 0 Å². The van der Waals surface area contributed by atoms with E-state index in [4.69, 9.17) is 0 Å². The first-order chi connectivity index (χ1) is 13.7. The van der Waals surface area contributed by atoms with E-state index >= 15 is 0 Å². The molecule has 0 radical (unpaired) electrons. The predicted octanol–water partition coefficient (Wildman–Crippen LogP) is 4.23. The number of anilines is 2. The van der Waals surface area contributed by atoms with Crippen LogP contribution in [0.1, 0.15) is 24.0 Å². The Morgan fingerprint density at radius 3 is 2.46 bits per heavy atom. The molecule has 0 aliphatic carbocycles.